The molecule has 100 valence electrons. The predicted octanol–water partition coefficient (Wildman–Crippen LogP) is 2.31. The van der Waals surface area contributed by atoms with E-state index >= 15 is 0 Å². The Labute approximate surface area is 110 Å². The SMILES string of the molecule is CC(C)c1cc(N2C(C)CCCC2CN)ncn1. The van der Waals surface area contributed by atoms with Crippen LogP contribution in [0, 0.1) is 0 Å². The second-order valence-electron chi connectivity index (χ2n) is 5.53. The first kappa shape index (κ1) is 13.3. The maximum absolute atomic E-state index is 5.91. The first-order valence-corrected chi connectivity index (χ1v) is 6.93. The third-order valence-corrected chi connectivity index (χ3v) is 3.83. The molecule has 4 heteroatoms. The lowest BCUT2D eigenvalue weighted by molar-refractivity contribution is 0.397. The Balaban J connectivity index is 2.29. The van der Waals surface area contributed by atoms with Gasteiger partial charge in [-0.2, -0.15) is 0 Å². The van der Waals surface area contributed by atoms with Crippen LogP contribution >= 0.6 is 0 Å². The quantitative estimate of drug-likeness (QED) is 0.892. The molecular formula is C14H24N4. The molecule has 2 atom stereocenters. The summed E-state index contributed by atoms with van der Waals surface area (Å²) in [5.41, 5.74) is 7.01. The highest BCUT2D eigenvalue weighted by atomic mass is 15.3. The fourth-order valence-corrected chi connectivity index (χ4v) is 2.75. The van der Waals surface area contributed by atoms with Gasteiger partial charge in [-0.05, 0) is 32.1 Å². The van der Waals surface area contributed by atoms with Crippen LogP contribution in [-0.2, 0) is 0 Å². The first-order valence-electron chi connectivity index (χ1n) is 6.93. The van der Waals surface area contributed by atoms with Gasteiger partial charge in [-0.15, -0.1) is 0 Å². The highest BCUT2D eigenvalue weighted by Gasteiger charge is 2.28. The number of hydrogen-bond acceptors (Lipinski definition) is 4. The van der Waals surface area contributed by atoms with Crippen molar-refractivity contribution in [2.75, 3.05) is 11.4 Å². The molecule has 1 aromatic rings. The van der Waals surface area contributed by atoms with E-state index in [1.807, 2.05) is 0 Å². The Morgan fingerprint density at radius 1 is 1.39 bits per heavy atom. The zero-order valence-electron chi connectivity index (χ0n) is 11.6. The molecule has 1 aliphatic rings. The van der Waals surface area contributed by atoms with Gasteiger partial charge in [0.2, 0.25) is 0 Å². The zero-order chi connectivity index (χ0) is 13.1. The van der Waals surface area contributed by atoms with Crippen molar-refractivity contribution in [2.24, 2.45) is 5.73 Å². The molecule has 0 bridgehead atoms. The number of rotatable bonds is 3. The largest absolute Gasteiger partial charge is 0.350 e. The number of nitrogens with zero attached hydrogens (tertiary/aromatic N) is 3. The lowest BCUT2D eigenvalue weighted by Gasteiger charge is -2.41. The standard InChI is InChI=1S/C14H24N4/c1-10(2)13-7-14(17-9-16-13)18-11(3)5-4-6-12(18)8-15/h7,9-12H,4-6,8,15H2,1-3H3. The second kappa shape index (κ2) is 5.65. The smallest absolute Gasteiger partial charge is 0.132 e. The second-order valence-corrected chi connectivity index (χ2v) is 5.53. The van der Waals surface area contributed by atoms with Crippen molar-refractivity contribution in [3.63, 3.8) is 0 Å². The topological polar surface area (TPSA) is 55.0 Å². The van der Waals surface area contributed by atoms with Gasteiger partial charge in [-0.1, -0.05) is 13.8 Å². The summed E-state index contributed by atoms with van der Waals surface area (Å²) in [6.45, 7) is 7.28. The van der Waals surface area contributed by atoms with Gasteiger partial charge in [0.05, 0.1) is 0 Å². The molecule has 2 N–H and O–H groups in total. The summed E-state index contributed by atoms with van der Waals surface area (Å²) in [6.07, 6.45) is 5.33. The van der Waals surface area contributed by atoms with Gasteiger partial charge in [0.25, 0.3) is 0 Å². The van der Waals surface area contributed by atoms with Gasteiger partial charge in [0.15, 0.2) is 0 Å². The zero-order valence-corrected chi connectivity index (χ0v) is 11.6. The minimum atomic E-state index is 0.420. The van der Waals surface area contributed by atoms with Crippen LogP contribution < -0.4 is 10.6 Å². The maximum atomic E-state index is 5.91. The molecule has 0 saturated carbocycles. The Kier molecular flexibility index (Phi) is 4.17. The number of nitrogens with two attached hydrogens (primary N) is 1. The van der Waals surface area contributed by atoms with Gasteiger partial charge in [0, 0.05) is 30.4 Å². The third-order valence-electron chi connectivity index (χ3n) is 3.83. The van der Waals surface area contributed by atoms with E-state index < -0.39 is 0 Å². The van der Waals surface area contributed by atoms with Crippen LogP contribution in [0.15, 0.2) is 12.4 Å². The van der Waals surface area contributed by atoms with Crippen molar-refractivity contribution in [3.05, 3.63) is 18.1 Å². The molecule has 4 nitrogen and oxygen atoms in total. The predicted molar refractivity (Wildman–Crippen MR) is 74.8 cm³/mol. The van der Waals surface area contributed by atoms with E-state index in [0.29, 0.717) is 24.5 Å². The molecule has 0 radical (unpaired) electrons. The van der Waals surface area contributed by atoms with Crippen LogP contribution in [0.2, 0.25) is 0 Å². The molecule has 0 aliphatic carbocycles. The normalized spacial score (nSPS) is 24.6. The van der Waals surface area contributed by atoms with Gasteiger partial charge in [-0.3, -0.25) is 0 Å². The molecule has 0 amide bonds. The average molecular weight is 248 g/mol. The number of piperidine rings is 1. The van der Waals surface area contributed by atoms with E-state index in [2.05, 4.69) is 41.7 Å². The van der Waals surface area contributed by atoms with Crippen LogP contribution in [0.3, 0.4) is 0 Å². The van der Waals surface area contributed by atoms with Crippen molar-refractivity contribution in [2.45, 2.75) is 58.0 Å². The highest BCUT2D eigenvalue weighted by Crippen LogP contribution is 2.28. The van der Waals surface area contributed by atoms with Crippen molar-refractivity contribution in [1.82, 2.24) is 9.97 Å². The van der Waals surface area contributed by atoms with E-state index in [0.717, 1.165) is 11.5 Å². The fourth-order valence-electron chi connectivity index (χ4n) is 2.75. The summed E-state index contributed by atoms with van der Waals surface area (Å²) < 4.78 is 0. The molecule has 1 fully saturated rings. The van der Waals surface area contributed by atoms with Crippen LogP contribution in [0.25, 0.3) is 0 Å². The van der Waals surface area contributed by atoms with E-state index in [1.54, 1.807) is 6.33 Å². The van der Waals surface area contributed by atoms with Gasteiger partial charge in [0.1, 0.15) is 12.1 Å². The lowest BCUT2D eigenvalue weighted by Crippen LogP contribution is -2.49. The summed E-state index contributed by atoms with van der Waals surface area (Å²) >= 11 is 0. The number of anilines is 1. The van der Waals surface area contributed by atoms with E-state index in [9.17, 15) is 0 Å². The Morgan fingerprint density at radius 3 is 2.83 bits per heavy atom. The van der Waals surface area contributed by atoms with Gasteiger partial charge in [-0.25, -0.2) is 9.97 Å². The molecule has 18 heavy (non-hydrogen) atoms. The first-order chi connectivity index (χ1) is 8.63. The summed E-state index contributed by atoms with van der Waals surface area (Å²) in [6, 6.07) is 3.06. The molecule has 0 aromatic carbocycles. The summed E-state index contributed by atoms with van der Waals surface area (Å²) in [7, 11) is 0. The molecule has 2 unspecified atom stereocenters. The van der Waals surface area contributed by atoms with Crippen molar-refractivity contribution >= 4 is 5.82 Å². The van der Waals surface area contributed by atoms with E-state index in [1.165, 1.54) is 19.3 Å². The van der Waals surface area contributed by atoms with Gasteiger partial charge >= 0.3 is 0 Å². The minimum absolute atomic E-state index is 0.420. The van der Waals surface area contributed by atoms with Crippen LogP contribution in [-0.4, -0.2) is 28.6 Å². The fraction of sp³-hybridized carbons (Fsp3) is 0.714. The number of hydrogen-bond donors (Lipinski definition) is 1. The Hall–Kier alpha value is -1.16. The summed E-state index contributed by atoms with van der Waals surface area (Å²) in [5, 5.41) is 0. The number of aromatic nitrogens is 2. The Morgan fingerprint density at radius 2 is 2.17 bits per heavy atom. The van der Waals surface area contributed by atoms with E-state index in [4.69, 9.17) is 5.73 Å². The molecule has 1 aromatic heterocycles. The van der Waals surface area contributed by atoms with Crippen LogP contribution in [0.5, 0.6) is 0 Å². The molecular weight excluding hydrogens is 224 g/mol. The molecule has 2 rings (SSSR count). The molecule has 1 saturated heterocycles. The van der Waals surface area contributed by atoms with Crippen LogP contribution in [0.4, 0.5) is 5.82 Å². The maximum Gasteiger partial charge on any atom is 0.132 e. The monoisotopic (exact) mass is 248 g/mol. The minimum Gasteiger partial charge on any atom is -0.350 e. The van der Waals surface area contributed by atoms with Crippen molar-refractivity contribution in [3.8, 4) is 0 Å². The lowest BCUT2D eigenvalue weighted by atomic mass is 9.96. The molecule has 1 aliphatic heterocycles. The molecule has 2 heterocycles. The summed E-state index contributed by atoms with van der Waals surface area (Å²) in [5.74, 6) is 1.47. The average Bonchev–Trinajstić information content (AvgIpc) is 2.38. The van der Waals surface area contributed by atoms with Crippen LogP contribution in [0.1, 0.15) is 51.6 Å². The van der Waals surface area contributed by atoms with Crippen molar-refractivity contribution in [1.29, 1.82) is 0 Å². The third kappa shape index (κ3) is 2.64. The molecule has 0 spiro atoms. The van der Waals surface area contributed by atoms with E-state index in [-0.39, 0.29) is 0 Å². The highest BCUT2D eigenvalue weighted by molar-refractivity contribution is 5.42. The Bertz CT molecular complexity index is 391. The van der Waals surface area contributed by atoms with Gasteiger partial charge < -0.3 is 10.6 Å². The van der Waals surface area contributed by atoms with Crippen molar-refractivity contribution < 1.29 is 0 Å². The summed E-state index contributed by atoms with van der Waals surface area (Å²) in [4.78, 5) is 11.2.